The van der Waals surface area contributed by atoms with Gasteiger partial charge in [0.25, 0.3) is 0 Å². The van der Waals surface area contributed by atoms with Gasteiger partial charge in [-0.3, -0.25) is 4.79 Å². The van der Waals surface area contributed by atoms with E-state index in [1.165, 1.54) is 7.11 Å². The molecule has 3 N–H and O–H groups in total. The average molecular weight is 304 g/mol. The molecule has 0 radical (unpaired) electrons. The van der Waals surface area contributed by atoms with E-state index >= 15 is 0 Å². The zero-order chi connectivity index (χ0) is 16.5. The third-order valence-corrected chi connectivity index (χ3v) is 3.50. The van der Waals surface area contributed by atoms with Crippen molar-refractivity contribution in [2.24, 2.45) is 12.8 Å². The number of imidazole rings is 1. The molecule has 0 aliphatic rings. The zero-order valence-corrected chi connectivity index (χ0v) is 13.8. The van der Waals surface area contributed by atoms with Crippen LogP contribution in [0.5, 0.6) is 0 Å². The van der Waals surface area contributed by atoms with Gasteiger partial charge in [-0.05, 0) is 18.2 Å². The molecule has 1 heterocycles. The standard InChI is InChI=1S/C16H24N4O2/c1-16(2,3)15-19-12-8-10(6-7-13(12)20(15)4)18-14(21)11(17)9-22-5/h6-8,11H,9,17H2,1-5H3,(H,18,21). The number of amides is 1. The van der Waals surface area contributed by atoms with Gasteiger partial charge in [-0.2, -0.15) is 0 Å². The Morgan fingerprint density at radius 1 is 1.45 bits per heavy atom. The highest BCUT2D eigenvalue weighted by molar-refractivity contribution is 5.96. The highest BCUT2D eigenvalue weighted by Crippen LogP contribution is 2.26. The molecule has 0 saturated carbocycles. The van der Waals surface area contributed by atoms with Crippen molar-refractivity contribution >= 4 is 22.6 Å². The Morgan fingerprint density at radius 2 is 2.14 bits per heavy atom. The summed E-state index contributed by atoms with van der Waals surface area (Å²) in [6, 6.07) is 4.99. The van der Waals surface area contributed by atoms with Gasteiger partial charge >= 0.3 is 0 Å². The van der Waals surface area contributed by atoms with Crippen molar-refractivity contribution in [3.63, 3.8) is 0 Å². The lowest BCUT2D eigenvalue weighted by atomic mass is 9.96. The number of methoxy groups -OCH3 is 1. The third kappa shape index (κ3) is 3.28. The van der Waals surface area contributed by atoms with Crippen LogP contribution >= 0.6 is 0 Å². The van der Waals surface area contributed by atoms with Crippen molar-refractivity contribution in [1.82, 2.24) is 9.55 Å². The van der Waals surface area contributed by atoms with Crippen molar-refractivity contribution in [2.75, 3.05) is 19.0 Å². The number of anilines is 1. The van der Waals surface area contributed by atoms with E-state index < -0.39 is 6.04 Å². The number of carbonyl (C=O) groups is 1. The second-order valence-electron chi connectivity index (χ2n) is 6.50. The van der Waals surface area contributed by atoms with Crippen LogP contribution in [0.1, 0.15) is 26.6 Å². The first kappa shape index (κ1) is 16.5. The van der Waals surface area contributed by atoms with Crippen molar-refractivity contribution in [2.45, 2.75) is 32.2 Å². The molecular weight excluding hydrogens is 280 g/mol. The van der Waals surface area contributed by atoms with E-state index in [0.717, 1.165) is 16.9 Å². The van der Waals surface area contributed by atoms with E-state index in [-0.39, 0.29) is 17.9 Å². The first-order valence-corrected chi connectivity index (χ1v) is 7.26. The molecule has 120 valence electrons. The summed E-state index contributed by atoms with van der Waals surface area (Å²) >= 11 is 0. The Morgan fingerprint density at radius 3 is 2.73 bits per heavy atom. The third-order valence-electron chi connectivity index (χ3n) is 3.50. The number of ether oxygens (including phenoxy) is 1. The smallest absolute Gasteiger partial charge is 0.243 e. The monoisotopic (exact) mass is 304 g/mol. The lowest BCUT2D eigenvalue weighted by Gasteiger charge is -2.17. The number of nitrogens with two attached hydrogens (primary N) is 1. The fourth-order valence-electron chi connectivity index (χ4n) is 2.44. The summed E-state index contributed by atoms with van der Waals surface area (Å²) in [5, 5.41) is 2.79. The Kier molecular flexibility index (Phi) is 4.53. The maximum atomic E-state index is 11.9. The topological polar surface area (TPSA) is 82.2 Å². The second kappa shape index (κ2) is 6.06. The number of fused-ring (bicyclic) bond motifs is 1. The molecule has 1 unspecified atom stereocenters. The molecule has 0 fully saturated rings. The summed E-state index contributed by atoms with van der Waals surface area (Å²) in [5.41, 5.74) is 8.24. The molecule has 1 amide bonds. The summed E-state index contributed by atoms with van der Waals surface area (Å²) in [6.45, 7) is 6.56. The van der Waals surface area contributed by atoms with Gasteiger partial charge in [0, 0.05) is 25.3 Å². The summed E-state index contributed by atoms with van der Waals surface area (Å²) in [4.78, 5) is 16.6. The fourth-order valence-corrected chi connectivity index (χ4v) is 2.44. The molecule has 6 heteroatoms. The normalized spacial score (nSPS) is 13.4. The zero-order valence-electron chi connectivity index (χ0n) is 13.8. The van der Waals surface area contributed by atoms with E-state index in [2.05, 4.69) is 35.6 Å². The minimum absolute atomic E-state index is 0.0437. The molecule has 0 aliphatic heterocycles. The van der Waals surface area contributed by atoms with Crippen molar-refractivity contribution in [3.8, 4) is 0 Å². The molecule has 6 nitrogen and oxygen atoms in total. The molecular formula is C16H24N4O2. The molecule has 0 spiro atoms. The first-order chi connectivity index (χ1) is 10.2. The molecule has 22 heavy (non-hydrogen) atoms. The Labute approximate surface area is 130 Å². The van der Waals surface area contributed by atoms with Gasteiger partial charge in [-0.25, -0.2) is 4.98 Å². The van der Waals surface area contributed by atoms with Gasteiger partial charge in [0.1, 0.15) is 11.9 Å². The van der Waals surface area contributed by atoms with Crippen LogP contribution in [0.3, 0.4) is 0 Å². The van der Waals surface area contributed by atoms with Crippen molar-refractivity contribution in [3.05, 3.63) is 24.0 Å². The van der Waals surface area contributed by atoms with Crippen LogP contribution in [-0.2, 0) is 22.0 Å². The highest BCUT2D eigenvalue weighted by Gasteiger charge is 2.21. The fraction of sp³-hybridized carbons (Fsp3) is 0.500. The van der Waals surface area contributed by atoms with Crippen LogP contribution in [-0.4, -0.2) is 35.2 Å². The average Bonchev–Trinajstić information content (AvgIpc) is 2.76. The van der Waals surface area contributed by atoms with Crippen LogP contribution in [0.25, 0.3) is 11.0 Å². The van der Waals surface area contributed by atoms with Gasteiger partial charge in [0.2, 0.25) is 5.91 Å². The molecule has 0 bridgehead atoms. The summed E-state index contributed by atoms with van der Waals surface area (Å²) in [7, 11) is 3.52. The SMILES string of the molecule is COCC(N)C(=O)Nc1ccc2c(c1)nc(C(C)(C)C)n2C. The minimum atomic E-state index is -0.686. The van der Waals surface area contributed by atoms with Gasteiger partial charge in [0.15, 0.2) is 0 Å². The quantitative estimate of drug-likeness (QED) is 0.902. The summed E-state index contributed by atoms with van der Waals surface area (Å²) < 4.78 is 6.97. The van der Waals surface area contributed by atoms with Gasteiger partial charge in [-0.1, -0.05) is 20.8 Å². The number of nitrogens with zero attached hydrogens (tertiary/aromatic N) is 2. The van der Waals surface area contributed by atoms with Gasteiger partial charge in [-0.15, -0.1) is 0 Å². The summed E-state index contributed by atoms with van der Waals surface area (Å²) in [5.74, 6) is 0.732. The lowest BCUT2D eigenvalue weighted by molar-refractivity contribution is -0.118. The van der Waals surface area contributed by atoms with Crippen LogP contribution < -0.4 is 11.1 Å². The number of hydrogen-bond acceptors (Lipinski definition) is 4. The number of aryl methyl sites for hydroxylation is 1. The molecule has 1 atom stereocenters. The van der Waals surface area contributed by atoms with Crippen LogP contribution in [0.4, 0.5) is 5.69 Å². The van der Waals surface area contributed by atoms with Crippen molar-refractivity contribution in [1.29, 1.82) is 0 Å². The number of benzene rings is 1. The van der Waals surface area contributed by atoms with E-state index in [4.69, 9.17) is 10.5 Å². The predicted octanol–water partition coefficient (Wildman–Crippen LogP) is 1.78. The first-order valence-electron chi connectivity index (χ1n) is 7.26. The van der Waals surface area contributed by atoms with Crippen molar-refractivity contribution < 1.29 is 9.53 Å². The molecule has 0 saturated heterocycles. The maximum Gasteiger partial charge on any atom is 0.243 e. The lowest BCUT2D eigenvalue weighted by Crippen LogP contribution is -2.39. The maximum absolute atomic E-state index is 11.9. The molecule has 1 aromatic carbocycles. The van der Waals surface area contributed by atoms with E-state index in [1.54, 1.807) is 0 Å². The Bertz CT molecular complexity index is 685. The highest BCUT2D eigenvalue weighted by atomic mass is 16.5. The van der Waals surface area contributed by atoms with Gasteiger partial charge < -0.3 is 20.4 Å². The largest absolute Gasteiger partial charge is 0.383 e. The number of aromatic nitrogens is 2. The molecule has 2 rings (SSSR count). The number of rotatable bonds is 4. The second-order valence-corrected chi connectivity index (χ2v) is 6.50. The predicted molar refractivity (Wildman–Crippen MR) is 87.9 cm³/mol. The van der Waals surface area contributed by atoms with Gasteiger partial charge in [0.05, 0.1) is 17.6 Å². The van der Waals surface area contributed by atoms with Crippen LogP contribution in [0.2, 0.25) is 0 Å². The molecule has 0 aliphatic carbocycles. The van der Waals surface area contributed by atoms with Crippen LogP contribution in [0, 0.1) is 0 Å². The van der Waals surface area contributed by atoms with Crippen LogP contribution in [0.15, 0.2) is 18.2 Å². The Hall–Kier alpha value is -1.92. The van der Waals surface area contributed by atoms with E-state index in [0.29, 0.717) is 5.69 Å². The number of nitrogens with one attached hydrogen (secondary N) is 1. The number of carbonyl (C=O) groups excluding carboxylic acids is 1. The summed E-state index contributed by atoms with van der Waals surface area (Å²) in [6.07, 6.45) is 0. The molecule has 1 aromatic heterocycles. The number of hydrogen-bond donors (Lipinski definition) is 2. The molecule has 2 aromatic rings. The van der Waals surface area contributed by atoms with E-state index in [9.17, 15) is 4.79 Å². The van der Waals surface area contributed by atoms with E-state index in [1.807, 2.05) is 25.2 Å². The Balaban J connectivity index is 2.30. The minimum Gasteiger partial charge on any atom is -0.383 e.